The van der Waals surface area contributed by atoms with Gasteiger partial charge in [-0.25, -0.2) is 0 Å². The molecule has 0 aliphatic heterocycles. The molecule has 3 amide bonds. The van der Waals surface area contributed by atoms with E-state index in [1.165, 1.54) is 4.90 Å². The number of amides is 3. The summed E-state index contributed by atoms with van der Waals surface area (Å²) in [6, 6.07) is 7.21. The van der Waals surface area contributed by atoms with Crippen LogP contribution < -0.4 is 21.7 Å². The molecule has 0 saturated heterocycles. The van der Waals surface area contributed by atoms with Gasteiger partial charge in [-0.15, -0.1) is 0 Å². The summed E-state index contributed by atoms with van der Waals surface area (Å²) in [7, 11) is 0. The van der Waals surface area contributed by atoms with Gasteiger partial charge in [0.15, 0.2) is 5.69 Å². The van der Waals surface area contributed by atoms with E-state index in [1.54, 1.807) is 18.2 Å². The number of benzene rings is 1. The number of carbonyl (C=O) groups is 3. The van der Waals surface area contributed by atoms with Crippen LogP contribution in [0, 0.1) is 6.92 Å². The second-order valence-electron chi connectivity index (χ2n) is 7.15. The van der Waals surface area contributed by atoms with Crippen LogP contribution in [0.2, 0.25) is 0 Å². The van der Waals surface area contributed by atoms with Gasteiger partial charge in [0.05, 0.1) is 5.69 Å². The van der Waals surface area contributed by atoms with Crippen molar-refractivity contribution in [2.75, 3.05) is 17.2 Å². The van der Waals surface area contributed by atoms with Gasteiger partial charge in [0.25, 0.3) is 11.8 Å². The quantitative estimate of drug-likeness (QED) is 0.651. The highest BCUT2D eigenvalue weighted by molar-refractivity contribution is 7.09. The van der Waals surface area contributed by atoms with Crippen LogP contribution in [-0.2, 0) is 4.79 Å². The Labute approximate surface area is 168 Å². The van der Waals surface area contributed by atoms with Crippen molar-refractivity contribution >= 4 is 40.6 Å². The Morgan fingerprint density at radius 2 is 1.96 bits per heavy atom. The molecule has 0 atom stereocenters. The first-order chi connectivity index (χ1) is 13.1. The average Bonchev–Trinajstić information content (AvgIpc) is 3.00. The molecule has 2 aromatic rings. The standard InChI is InChI=1S/C19H25N5O3S/c1-5-19(3,4)22-13(25)10-24(12-8-6-7-11(2)9-12)18(27)16-14(20)15(17(21)26)23-28-16/h6-9H,5,10,20H2,1-4H3,(H2,21,26)(H,22,25). The maximum Gasteiger partial charge on any atom is 0.272 e. The number of nitrogens with zero attached hydrogens (tertiary/aromatic N) is 2. The summed E-state index contributed by atoms with van der Waals surface area (Å²) in [5.74, 6) is -1.63. The smallest absolute Gasteiger partial charge is 0.272 e. The first kappa shape index (κ1) is 21.4. The fourth-order valence-corrected chi connectivity index (χ4v) is 3.23. The van der Waals surface area contributed by atoms with E-state index in [4.69, 9.17) is 11.5 Å². The van der Waals surface area contributed by atoms with Gasteiger partial charge in [0.2, 0.25) is 5.91 Å². The number of nitrogens with two attached hydrogens (primary N) is 2. The van der Waals surface area contributed by atoms with Crippen molar-refractivity contribution in [3.8, 4) is 0 Å². The van der Waals surface area contributed by atoms with Crippen LogP contribution in [0.3, 0.4) is 0 Å². The second kappa shape index (κ2) is 8.39. The van der Waals surface area contributed by atoms with E-state index < -0.39 is 17.4 Å². The summed E-state index contributed by atoms with van der Waals surface area (Å²) in [4.78, 5) is 38.6. The van der Waals surface area contributed by atoms with Crippen molar-refractivity contribution in [2.24, 2.45) is 5.73 Å². The predicted octanol–water partition coefficient (Wildman–Crippen LogP) is 2.08. The molecule has 0 unspecified atom stereocenters. The van der Waals surface area contributed by atoms with Gasteiger partial charge >= 0.3 is 0 Å². The molecule has 1 aromatic carbocycles. The Balaban J connectivity index is 2.40. The fraction of sp³-hybridized carbons (Fsp3) is 0.368. The minimum atomic E-state index is -0.808. The van der Waals surface area contributed by atoms with Crippen LogP contribution in [0.25, 0.3) is 0 Å². The summed E-state index contributed by atoms with van der Waals surface area (Å²) >= 11 is 0.786. The van der Waals surface area contributed by atoms with Gasteiger partial charge in [-0.2, -0.15) is 4.37 Å². The maximum absolute atomic E-state index is 13.2. The summed E-state index contributed by atoms with van der Waals surface area (Å²) in [5, 5.41) is 2.91. The van der Waals surface area contributed by atoms with Crippen LogP contribution in [-0.4, -0.2) is 34.2 Å². The zero-order valence-corrected chi connectivity index (χ0v) is 17.2. The Kier molecular flexibility index (Phi) is 6.40. The van der Waals surface area contributed by atoms with E-state index in [1.807, 2.05) is 33.8 Å². The first-order valence-corrected chi connectivity index (χ1v) is 9.57. The van der Waals surface area contributed by atoms with Gasteiger partial charge in [0.1, 0.15) is 11.4 Å². The Morgan fingerprint density at radius 3 is 2.50 bits per heavy atom. The van der Waals surface area contributed by atoms with Gasteiger partial charge in [-0.1, -0.05) is 19.1 Å². The number of hydrogen-bond donors (Lipinski definition) is 3. The van der Waals surface area contributed by atoms with Crippen molar-refractivity contribution in [2.45, 2.75) is 39.7 Å². The Morgan fingerprint density at radius 1 is 1.29 bits per heavy atom. The monoisotopic (exact) mass is 403 g/mol. The molecule has 5 N–H and O–H groups in total. The highest BCUT2D eigenvalue weighted by atomic mass is 32.1. The van der Waals surface area contributed by atoms with Gasteiger partial charge < -0.3 is 16.8 Å². The summed E-state index contributed by atoms with van der Waals surface area (Å²) in [6.07, 6.45) is 0.737. The molecule has 150 valence electrons. The van der Waals surface area contributed by atoms with Crippen LogP contribution in [0.1, 0.15) is 52.9 Å². The number of nitrogens with one attached hydrogen (secondary N) is 1. The first-order valence-electron chi connectivity index (χ1n) is 8.80. The highest BCUT2D eigenvalue weighted by Gasteiger charge is 2.28. The number of primary amides is 1. The number of anilines is 2. The molecular formula is C19H25N5O3S. The van der Waals surface area contributed by atoms with Crippen molar-refractivity contribution in [1.29, 1.82) is 0 Å². The number of nitrogen functional groups attached to an aromatic ring is 1. The summed E-state index contributed by atoms with van der Waals surface area (Å²) in [6.45, 7) is 7.47. The number of hydrogen-bond acceptors (Lipinski definition) is 6. The summed E-state index contributed by atoms with van der Waals surface area (Å²) in [5.41, 5.74) is 12.0. The highest BCUT2D eigenvalue weighted by Crippen LogP contribution is 2.26. The van der Waals surface area contributed by atoms with E-state index in [-0.39, 0.29) is 28.7 Å². The third kappa shape index (κ3) is 4.86. The third-order valence-corrected chi connectivity index (χ3v) is 5.23. The fourth-order valence-electron chi connectivity index (χ4n) is 2.48. The van der Waals surface area contributed by atoms with Crippen molar-refractivity contribution in [3.05, 3.63) is 40.4 Å². The Hall–Kier alpha value is -2.94. The molecule has 28 heavy (non-hydrogen) atoms. The van der Waals surface area contributed by atoms with E-state index in [0.29, 0.717) is 5.69 Å². The molecule has 0 fully saturated rings. The normalized spacial score (nSPS) is 11.1. The molecule has 1 heterocycles. The van der Waals surface area contributed by atoms with Gasteiger partial charge in [-0.05, 0) is 56.4 Å². The molecule has 2 rings (SSSR count). The number of rotatable bonds is 7. The molecule has 0 bridgehead atoms. The molecule has 0 aliphatic carbocycles. The molecule has 0 aliphatic rings. The molecule has 0 saturated carbocycles. The number of aromatic nitrogens is 1. The second-order valence-corrected chi connectivity index (χ2v) is 7.93. The maximum atomic E-state index is 13.2. The van der Waals surface area contributed by atoms with Crippen molar-refractivity contribution in [1.82, 2.24) is 9.69 Å². The SMILES string of the molecule is CCC(C)(C)NC(=O)CN(C(=O)c1snc(C(N)=O)c1N)c1cccc(C)c1. The molecule has 1 aromatic heterocycles. The van der Waals surface area contributed by atoms with Crippen LogP contribution >= 0.6 is 11.5 Å². The lowest BCUT2D eigenvalue weighted by Gasteiger charge is -2.28. The average molecular weight is 404 g/mol. The lowest BCUT2D eigenvalue weighted by Crippen LogP contribution is -2.48. The predicted molar refractivity (Wildman–Crippen MR) is 110 cm³/mol. The Bertz CT molecular complexity index is 907. The largest absolute Gasteiger partial charge is 0.395 e. The van der Waals surface area contributed by atoms with Crippen molar-refractivity contribution in [3.63, 3.8) is 0 Å². The number of carbonyl (C=O) groups excluding carboxylic acids is 3. The molecule has 9 heteroatoms. The molecule has 0 spiro atoms. The lowest BCUT2D eigenvalue weighted by molar-refractivity contribution is -0.121. The number of aryl methyl sites for hydroxylation is 1. The summed E-state index contributed by atoms with van der Waals surface area (Å²) < 4.78 is 3.88. The topological polar surface area (TPSA) is 131 Å². The van der Waals surface area contributed by atoms with Crippen LogP contribution in [0.15, 0.2) is 24.3 Å². The minimum absolute atomic E-state index is 0.0675. The molecule has 8 nitrogen and oxygen atoms in total. The van der Waals surface area contributed by atoms with E-state index in [0.717, 1.165) is 23.5 Å². The van der Waals surface area contributed by atoms with Gasteiger partial charge in [-0.3, -0.25) is 19.3 Å². The zero-order chi connectivity index (χ0) is 21.1. The van der Waals surface area contributed by atoms with Crippen LogP contribution in [0.5, 0.6) is 0 Å². The van der Waals surface area contributed by atoms with Crippen molar-refractivity contribution < 1.29 is 14.4 Å². The zero-order valence-electron chi connectivity index (χ0n) is 16.4. The minimum Gasteiger partial charge on any atom is -0.395 e. The lowest BCUT2D eigenvalue weighted by atomic mass is 10.0. The van der Waals surface area contributed by atoms with E-state index in [2.05, 4.69) is 9.69 Å². The third-order valence-electron chi connectivity index (χ3n) is 4.38. The van der Waals surface area contributed by atoms with Crippen LogP contribution in [0.4, 0.5) is 11.4 Å². The van der Waals surface area contributed by atoms with E-state index >= 15 is 0 Å². The van der Waals surface area contributed by atoms with E-state index in [9.17, 15) is 14.4 Å². The molecule has 0 radical (unpaired) electrons. The molecular weight excluding hydrogens is 378 g/mol. The van der Waals surface area contributed by atoms with Gasteiger partial charge in [0, 0.05) is 11.2 Å².